The van der Waals surface area contributed by atoms with Crippen LogP contribution in [0.3, 0.4) is 0 Å². The van der Waals surface area contributed by atoms with Crippen LogP contribution in [0.2, 0.25) is 0 Å². The smallest absolute Gasteiger partial charge is 0.124 e. The summed E-state index contributed by atoms with van der Waals surface area (Å²) in [7, 11) is 6.23. The van der Waals surface area contributed by atoms with Crippen LogP contribution >= 0.6 is 0 Å². The second-order valence-corrected chi connectivity index (χ2v) is 4.94. The molecular weight excluding hydrogens is 224 g/mol. The maximum Gasteiger partial charge on any atom is 0.124 e. The van der Waals surface area contributed by atoms with E-state index in [1.165, 1.54) is 0 Å². The first-order valence-corrected chi connectivity index (χ1v) is 5.26. The lowest BCUT2D eigenvalue weighted by molar-refractivity contribution is -0.884. The molecule has 0 bridgehead atoms. The van der Waals surface area contributed by atoms with E-state index < -0.39 is 0 Å². The van der Waals surface area contributed by atoms with Crippen molar-refractivity contribution in [2.75, 3.05) is 21.1 Å². The zero-order valence-corrected chi connectivity index (χ0v) is 10.4. The summed E-state index contributed by atoms with van der Waals surface area (Å²) in [5, 5.41) is 16.9. The highest BCUT2D eigenvalue weighted by Crippen LogP contribution is 2.14. The fourth-order valence-electron chi connectivity index (χ4n) is 1.61. The van der Waals surface area contributed by atoms with E-state index in [0.29, 0.717) is 11.3 Å². The molecule has 0 unspecified atom stereocenters. The molecule has 0 saturated carbocycles. The molecule has 0 saturated heterocycles. The van der Waals surface area contributed by atoms with Crippen molar-refractivity contribution in [1.82, 2.24) is 4.98 Å². The summed E-state index contributed by atoms with van der Waals surface area (Å²) in [5.74, 6) is 0. The lowest BCUT2D eigenvalue weighted by Gasteiger charge is -2.24. The zero-order valence-electron chi connectivity index (χ0n) is 10.4. The molecule has 0 atom stereocenters. The minimum absolute atomic E-state index is 0.0245. The number of pyridine rings is 1. The molecule has 6 heteroatoms. The molecule has 1 aromatic heterocycles. The summed E-state index contributed by atoms with van der Waals surface area (Å²) in [6, 6.07) is 1.89. The maximum atomic E-state index is 8.50. The van der Waals surface area contributed by atoms with Crippen molar-refractivity contribution in [3.8, 4) is 0 Å². The Hall–Kier alpha value is -1.05. The van der Waals surface area contributed by atoms with Gasteiger partial charge >= 0.3 is 0 Å². The number of rotatable bonds is 6. The summed E-state index contributed by atoms with van der Waals surface area (Å²) < 4.78 is 0.775. The molecule has 2 N–H and O–H groups in total. The summed E-state index contributed by atoms with van der Waals surface area (Å²) >= 11 is 0. The Kier molecular flexibility index (Phi) is 4.98. The third-order valence-electron chi connectivity index (χ3n) is 2.19. The number of hydrogen-bond acceptors (Lipinski definition) is 5. The third-order valence-corrected chi connectivity index (χ3v) is 2.19. The highest BCUT2D eigenvalue weighted by Gasteiger charge is 2.12. The van der Waals surface area contributed by atoms with Gasteiger partial charge in [0.05, 0.1) is 26.8 Å². The molecule has 0 amide bonds. The monoisotopic (exact) mass is 243 g/mol. The predicted molar refractivity (Wildman–Crippen MR) is 60.8 cm³/mol. The van der Waals surface area contributed by atoms with E-state index in [4.69, 9.17) is 10.5 Å². The van der Waals surface area contributed by atoms with Crippen LogP contribution in [0.15, 0.2) is 12.3 Å². The average Bonchev–Trinajstić information content (AvgIpc) is 2.20. The van der Waals surface area contributed by atoms with Gasteiger partial charge in [0.25, 0.3) is 0 Å². The molecule has 0 aliphatic heterocycles. The summed E-state index contributed by atoms with van der Waals surface area (Å²) in [6.45, 7) is 0.811. The molecule has 96 valence electrons. The maximum absolute atomic E-state index is 8.50. The molecule has 0 aliphatic carbocycles. The Labute approximate surface area is 100 Å². The van der Waals surface area contributed by atoms with Gasteiger partial charge in [-0.15, -0.1) is 0 Å². The number of aromatic nitrogens is 1. The van der Waals surface area contributed by atoms with Crippen molar-refractivity contribution < 1.29 is 24.8 Å². The van der Waals surface area contributed by atoms with E-state index in [1.807, 2.05) is 6.07 Å². The van der Waals surface area contributed by atoms with Gasteiger partial charge in [-0.2, -0.15) is 0 Å². The van der Waals surface area contributed by atoms with Gasteiger partial charge in [-0.05, 0) is 6.07 Å². The molecule has 6 nitrogen and oxygen atoms in total. The van der Waals surface area contributed by atoms with Crippen LogP contribution in [0.1, 0.15) is 16.8 Å². The van der Waals surface area contributed by atoms with E-state index in [2.05, 4.69) is 35.9 Å². The largest absolute Gasteiger partial charge is 0.327 e. The molecule has 1 rings (SSSR count). The average molecular weight is 243 g/mol. The van der Waals surface area contributed by atoms with Crippen LogP contribution in [0.25, 0.3) is 0 Å². The summed E-state index contributed by atoms with van der Waals surface area (Å²) in [5.41, 5.74) is 2.28. The Morgan fingerprint density at radius 2 is 1.82 bits per heavy atom. The molecule has 0 aromatic carbocycles. The summed E-state index contributed by atoms with van der Waals surface area (Å²) in [6.07, 6.45) is 1.73. The van der Waals surface area contributed by atoms with Crippen LogP contribution in [-0.4, -0.2) is 41.1 Å². The first-order chi connectivity index (χ1) is 7.96. The number of hydrogen-bond donors (Lipinski definition) is 2. The van der Waals surface area contributed by atoms with Crippen molar-refractivity contribution in [2.45, 2.75) is 19.8 Å². The van der Waals surface area contributed by atoms with Crippen molar-refractivity contribution in [3.63, 3.8) is 0 Å². The Morgan fingerprint density at radius 3 is 2.35 bits per heavy atom. The number of nitrogens with zero attached hydrogens (tertiary/aromatic N) is 2. The highest BCUT2D eigenvalue weighted by atomic mass is 17.1. The van der Waals surface area contributed by atoms with Gasteiger partial charge in [0, 0.05) is 17.3 Å². The lowest BCUT2D eigenvalue weighted by atomic mass is 10.1. The van der Waals surface area contributed by atoms with Gasteiger partial charge in [0.2, 0.25) is 0 Å². The van der Waals surface area contributed by atoms with Gasteiger partial charge < -0.3 is 4.48 Å². The van der Waals surface area contributed by atoms with Gasteiger partial charge in [0.1, 0.15) is 19.8 Å². The van der Waals surface area contributed by atoms with Crippen LogP contribution in [0.5, 0.6) is 0 Å². The SMILES string of the molecule is C[N+](C)(C)Cc1cnc(COO)c(COO)c1. The molecule has 0 fully saturated rings. The van der Waals surface area contributed by atoms with Gasteiger partial charge in [-0.25, -0.2) is 9.78 Å². The fourth-order valence-corrected chi connectivity index (χ4v) is 1.61. The minimum Gasteiger partial charge on any atom is -0.327 e. The second kappa shape index (κ2) is 6.04. The summed E-state index contributed by atoms with van der Waals surface area (Å²) in [4.78, 5) is 12.4. The van der Waals surface area contributed by atoms with Crippen molar-refractivity contribution in [2.24, 2.45) is 0 Å². The topological polar surface area (TPSA) is 71.8 Å². The van der Waals surface area contributed by atoms with E-state index >= 15 is 0 Å². The standard InChI is InChI=1S/C11H18N2O4/c1-13(2,3)6-9-4-10(7-16-14)11(8-17-15)12-5-9/h4-5H,6-8H2,1-3H3,(H-,14,15)/p+1. The normalized spacial score (nSPS) is 11.8. The molecule has 17 heavy (non-hydrogen) atoms. The van der Waals surface area contributed by atoms with Gasteiger partial charge in [0.15, 0.2) is 0 Å². The quantitative estimate of drug-likeness (QED) is 0.447. The molecule has 1 heterocycles. The zero-order chi connectivity index (χ0) is 12.9. The molecular formula is C11H19N2O4+. The fraction of sp³-hybridized carbons (Fsp3) is 0.545. The number of quaternary nitrogens is 1. The first kappa shape index (κ1) is 14.0. The van der Waals surface area contributed by atoms with Crippen LogP contribution < -0.4 is 0 Å². The van der Waals surface area contributed by atoms with E-state index in [1.54, 1.807) is 6.20 Å². The van der Waals surface area contributed by atoms with Gasteiger partial charge in [-0.1, -0.05) is 0 Å². The van der Waals surface area contributed by atoms with Crippen LogP contribution in [-0.2, 0) is 29.5 Å². The van der Waals surface area contributed by atoms with Crippen LogP contribution in [0.4, 0.5) is 0 Å². The van der Waals surface area contributed by atoms with E-state index in [9.17, 15) is 0 Å². The Morgan fingerprint density at radius 1 is 1.18 bits per heavy atom. The first-order valence-electron chi connectivity index (χ1n) is 5.26. The van der Waals surface area contributed by atoms with E-state index in [-0.39, 0.29) is 13.2 Å². The third kappa shape index (κ3) is 4.76. The second-order valence-electron chi connectivity index (χ2n) is 4.94. The minimum atomic E-state index is -0.0245. The Balaban J connectivity index is 2.92. The lowest BCUT2D eigenvalue weighted by Crippen LogP contribution is -2.33. The molecule has 0 spiro atoms. The van der Waals surface area contributed by atoms with Gasteiger partial charge in [-0.3, -0.25) is 15.5 Å². The molecule has 1 aromatic rings. The Bertz CT molecular complexity index is 363. The van der Waals surface area contributed by atoms with Crippen LogP contribution in [0, 0.1) is 0 Å². The van der Waals surface area contributed by atoms with Crippen molar-refractivity contribution in [3.05, 3.63) is 29.1 Å². The highest BCUT2D eigenvalue weighted by molar-refractivity contribution is 5.24. The predicted octanol–water partition coefficient (Wildman–Crippen LogP) is 1.27. The molecule has 0 aliphatic rings. The van der Waals surface area contributed by atoms with Crippen molar-refractivity contribution in [1.29, 1.82) is 0 Å². The van der Waals surface area contributed by atoms with E-state index in [0.717, 1.165) is 16.6 Å². The van der Waals surface area contributed by atoms with Crippen molar-refractivity contribution >= 4 is 0 Å². The molecule has 0 radical (unpaired) electrons.